The first kappa shape index (κ1) is 24.0. The fourth-order valence-corrected chi connectivity index (χ4v) is 4.90. The highest BCUT2D eigenvalue weighted by molar-refractivity contribution is 7.89. The van der Waals surface area contributed by atoms with Crippen LogP contribution in [0.1, 0.15) is 31.2 Å². The summed E-state index contributed by atoms with van der Waals surface area (Å²) >= 11 is 0. The van der Waals surface area contributed by atoms with Gasteiger partial charge in [0.05, 0.1) is 16.6 Å². The number of rotatable bonds is 8. The lowest BCUT2D eigenvalue weighted by molar-refractivity contribution is -0.137. The predicted molar refractivity (Wildman–Crippen MR) is 108 cm³/mol. The first-order valence-electron chi connectivity index (χ1n) is 10.4. The van der Waals surface area contributed by atoms with Crippen LogP contribution in [0.3, 0.4) is 0 Å². The van der Waals surface area contributed by atoms with Crippen molar-refractivity contribution in [1.29, 1.82) is 0 Å². The van der Waals surface area contributed by atoms with Crippen molar-refractivity contribution in [3.8, 4) is 0 Å². The summed E-state index contributed by atoms with van der Waals surface area (Å²) < 4.78 is 70.8. The molecule has 1 N–H and O–H groups in total. The highest BCUT2D eigenvalue weighted by atomic mass is 32.2. The van der Waals surface area contributed by atoms with Crippen LogP contribution in [0.15, 0.2) is 29.2 Å². The Morgan fingerprint density at radius 2 is 1.94 bits per heavy atom. The molecular weight excluding hydrogens is 435 g/mol. The summed E-state index contributed by atoms with van der Waals surface area (Å²) in [5.41, 5.74) is -1.02. The number of nitrogens with one attached hydrogen (secondary N) is 1. The molecule has 174 valence electrons. The van der Waals surface area contributed by atoms with Crippen LogP contribution < -0.4 is 4.72 Å². The second-order valence-corrected chi connectivity index (χ2v) is 9.61. The molecule has 0 saturated carbocycles. The van der Waals surface area contributed by atoms with Crippen molar-refractivity contribution in [2.24, 2.45) is 0 Å². The van der Waals surface area contributed by atoms with Crippen LogP contribution in [0.5, 0.6) is 0 Å². The van der Waals surface area contributed by atoms with Gasteiger partial charge in [-0.15, -0.1) is 0 Å². The molecule has 1 amide bonds. The first-order chi connectivity index (χ1) is 14.6. The Bertz CT molecular complexity index is 849. The van der Waals surface area contributed by atoms with Gasteiger partial charge in [0.2, 0.25) is 15.9 Å². The molecule has 2 heterocycles. The number of ether oxygens (including phenoxy) is 1. The zero-order valence-electron chi connectivity index (χ0n) is 17.2. The third kappa shape index (κ3) is 6.90. The van der Waals surface area contributed by atoms with Crippen LogP contribution in [0.4, 0.5) is 13.2 Å². The van der Waals surface area contributed by atoms with E-state index in [1.807, 2.05) is 0 Å². The molecular formula is C20H28F3N3O4S. The van der Waals surface area contributed by atoms with E-state index in [1.54, 1.807) is 4.90 Å². The zero-order valence-corrected chi connectivity index (χ0v) is 18.1. The van der Waals surface area contributed by atoms with E-state index >= 15 is 0 Å². The van der Waals surface area contributed by atoms with Crippen molar-refractivity contribution in [3.05, 3.63) is 29.8 Å². The molecule has 0 unspecified atom stereocenters. The smallest absolute Gasteiger partial charge is 0.377 e. The van der Waals surface area contributed by atoms with Gasteiger partial charge in [0.25, 0.3) is 0 Å². The number of carbonyl (C=O) groups is 1. The molecule has 0 aromatic heterocycles. The third-order valence-electron chi connectivity index (χ3n) is 5.54. The van der Waals surface area contributed by atoms with E-state index in [0.717, 1.165) is 57.3 Å². The van der Waals surface area contributed by atoms with Gasteiger partial charge in [0, 0.05) is 52.3 Å². The minimum atomic E-state index is -4.62. The van der Waals surface area contributed by atoms with E-state index in [1.165, 1.54) is 0 Å². The molecule has 2 saturated heterocycles. The lowest BCUT2D eigenvalue weighted by Crippen LogP contribution is -2.50. The quantitative estimate of drug-likeness (QED) is 0.598. The summed E-state index contributed by atoms with van der Waals surface area (Å²) in [7, 11) is -4.08. The Morgan fingerprint density at radius 3 is 2.58 bits per heavy atom. The van der Waals surface area contributed by atoms with E-state index in [4.69, 9.17) is 4.74 Å². The fourth-order valence-electron chi connectivity index (χ4n) is 3.78. The van der Waals surface area contributed by atoms with E-state index in [2.05, 4.69) is 9.62 Å². The molecule has 11 heteroatoms. The van der Waals surface area contributed by atoms with Gasteiger partial charge >= 0.3 is 6.18 Å². The highest BCUT2D eigenvalue weighted by Crippen LogP contribution is 2.30. The molecule has 3 rings (SSSR count). The summed E-state index contributed by atoms with van der Waals surface area (Å²) in [6, 6.07) is 3.58. The van der Waals surface area contributed by atoms with Gasteiger partial charge in [0.15, 0.2) is 0 Å². The summed E-state index contributed by atoms with van der Waals surface area (Å²) in [6.07, 6.45) is -1.71. The maximum absolute atomic E-state index is 12.8. The number of hydrogen-bond donors (Lipinski definition) is 1. The van der Waals surface area contributed by atoms with E-state index in [-0.39, 0.29) is 31.4 Å². The van der Waals surface area contributed by atoms with Crippen molar-refractivity contribution in [2.75, 3.05) is 45.9 Å². The van der Waals surface area contributed by atoms with Gasteiger partial charge in [-0.2, -0.15) is 13.2 Å². The largest absolute Gasteiger partial charge is 0.416 e. The minimum Gasteiger partial charge on any atom is -0.377 e. The normalized spacial score (nSPS) is 20.9. The predicted octanol–water partition coefficient (Wildman–Crippen LogP) is 2.09. The molecule has 31 heavy (non-hydrogen) atoms. The SMILES string of the molecule is O=C(CCCNS(=O)(=O)c1cccc(C(F)(F)F)c1)N1CCN(C[C@H]2CCCO2)CC1. The molecule has 2 fully saturated rings. The van der Waals surface area contributed by atoms with Gasteiger partial charge < -0.3 is 9.64 Å². The van der Waals surface area contributed by atoms with Gasteiger partial charge in [-0.3, -0.25) is 9.69 Å². The van der Waals surface area contributed by atoms with Crippen molar-refractivity contribution in [2.45, 2.75) is 42.9 Å². The standard InChI is InChI=1S/C20H28F3N3O4S/c21-20(22,23)16-4-1-6-18(14-16)31(28,29)24-8-2-7-19(27)26-11-9-25(10-12-26)15-17-5-3-13-30-17/h1,4,6,14,17,24H,2-3,5,7-13,15H2/t17-/m1/s1. The van der Waals surface area contributed by atoms with E-state index < -0.39 is 26.7 Å². The van der Waals surface area contributed by atoms with Crippen LogP contribution in [0.25, 0.3) is 0 Å². The number of hydrogen-bond acceptors (Lipinski definition) is 5. The summed E-state index contributed by atoms with van der Waals surface area (Å²) in [6.45, 7) is 4.51. The van der Waals surface area contributed by atoms with Crippen LogP contribution in [-0.4, -0.2) is 76.1 Å². The van der Waals surface area contributed by atoms with Crippen LogP contribution in [-0.2, 0) is 25.7 Å². The highest BCUT2D eigenvalue weighted by Gasteiger charge is 2.31. The number of sulfonamides is 1. The Balaban J connectivity index is 1.39. The molecule has 7 nitrogen and oxygen atoms in total. The topological polar surface area (TPSA) is 79.0 Å². The molecule has 0 aliphatic carbocycles. The molecule has 1 atom stereocenters. The molecule has 0 spiro atoms. The van der Waals surface area contributed by atoms with Gasteiger partial charge in [-0.1, -0.05) is 6.07 Å². The van der Waals surface area contributed by atoms with Crippen molar-refractivity contribution in [1.82, 2.24) is 14.5 Å². The van der Waals surface area contributed by atoms with Gasteiger partial charge in [0.1, 0.15) is 0 Å². The Hall–Kier alpha value is -1.69. The molecule has 1 aromatic carbocycles. The van der Waals surface area contributed by atoms with E-state index in [0.29, 0.717) is 19.2 Å². The van der Waals surface area contributed by atoms with Crippen LogP contribution >= 0.6 is 0 Å². The number of benzene rings is 1. The number of nitrogens with zero attached hydrogens (tertiary/aromatic N) is 2. The number of amides is 1. The summed E-state index contributed by atoms with van der Waals surface area (Å²) in [5, 5.41) is 0. The number of piperazine rings is 1. The Kier molecular flexibility index (Phi) is 7.95. The lowest BCUT2D eigenvalue weighted by Gasteiger charge is -2.35. The molecule has 0 radical (unpaired) electrons. The van der Waals surface area contributed by atoms with Crippen LogP contribution in [0, 0.1) is 0 Å². The Morgan fingerprint density at radius 1 is 1.19 bits per heavy atom. The van der Waals surface area contributed by atoms with Crippen molar-refractivity contribution >= 4 is 15.9 Å². The summed E-state index contributed by atoms with van der Waals surface area (Å²) in [4.78, 5) is 16.0. The number of alkyl halides is 3. The maximum atomic E-state index is 12.8. The van der Waals surface area contributed by atoms with E-state index in [9.17, 15) is 26.4 Å². The second-order valence-electron chi connectivity index (χ2n) is 7.84. The van der Waals surface area contributed by atoms with Gasteiger partial charge in [-0.05, 0) is 37.5 Å². The Labute approximate surface area is 180 Å². The number of carbonyl (C=O) groups excluding carboxylic acids is 1. The maximum Gasteiger partial charge on any atom is 0.416 e. The van der Waals surface area contributed by atoms with Gasteiger partial charge in [-0.25, -0.2) is 13.1 Å². The zero-order chi connectivity index (χ0) is 22.5. The summed E-state index contributed by atoms with van der Waals surface area (Å²) in [5.74, 6) is -0.0463. The molecule has 0 bridgehead atoms. The average Bonchev–Trinajstić information content (AvgIpc) is 3.24. The minimum absolute atomic E-state index is 0.0245. The molecule has 2 aliphatic rings. The third-order valence-corrected chi connectivity index (χ3v) is 7.00. The first-order valence-corrected chi connectivity index (χ1v) is 11.9. The second kappa shape index (κ2) is 10.3. The molecule has 2 aliphatic heterocycles. The molecule has 1 aromatic rings. The average molecular weight is 464 g/mol. The number of halogens is 3. The van der Waals surface area contributed by atoms with Crippen molar-refractivity contribution < 1.29 is 31.1 Å². The fraction of sp³-hybridized carbons (Fsp3) is 0.650. The monoisotopic (exact) mass is 463 g/mol. The lowest BCUT2D eigenvalue weighted by atomic mass is 10.2. The van der Waals surface area contributed by atoms with Crippen LogP contribution in [0.2, 0.25) is 0 Å². The van der Waals surface area contributed by atoms with Crippen molar-refractivity contribution in [3.63, 3.8) is 0 Å².